The minimum absolute atomic E-state index is 0.121. The summed E-state index contributed by atoms with van der Waals surface area (Å²) >= 11 is 5.82. The number of rotatable bonds is 6. The Morgan fingerprint density at radius 2 is 1.75 bits per heavy atom. The lowest BCUT2D eigenvalue weighted by atomic mass is 9.94. The minimum Gasteiger partial charge on any atom is -0.394 e. The molecule has 1 unspecified atom stereocenters. The highest BCUT2D eigenvalue weighted by molar-refractivity contribution is 6.30. The molecule has 0 radical (unpaired) electrons. The maximum Gasteiger partial charge on any atom is 0.0635 e. The third-order valence-corrected chi connectivity index (χ3v) is 3.26. The van der Waals surface area contributed by atoms with Gasteiger partial charge in [0.05, 0.1) is 12.6 Å². The first kappa shape index (κ1) is 13.3. The first-order valence-corrected chi connectivity index (χ1v) is 6.22. The number of hydrogen-bond acceptors (Lipinski definition) is 2. The van der Waals surface area contributed by atoms with Crippen LogP contribution in [0.3, 0.4) is 0 Å². The van der Waals surface area contributed by atoms with Crippen molar-refractivity contribution in [1.82, 2.24) is 0 Å². The molecule has 0 saturated heterocycles. The Morgan fingerprint density at radius 1 is 1.19 bits per heavy atom. The van der Waals surface area contributed by atoms with Gasteiger partial charge in [0.15, 0.2) is 0 Å². The molecular formula is C13H20ClNO. The Bertz CT molecular complexity index is 295. The predicted molar refractivity (Wildman–Crippen MR) is 70.0 cm³/mol. The lowest BCUT2D eigenvalue weighted by Gasteiger charge is -2.25. The zero-order chi connectivity index (χ0) is 12.0. The summed E-state index contributed by atoms with van der Waals surface area (Å²) in [7, 11) is 0. The van der Waals surface area contributed by atoms with Crippen molar-refractivity contribution in [3.63, 3.8) is 0 Å². The molecule has 0 fully saturated rings. The van der Waals surface area contributed by atoms with Gasteiger partial charge in [-0.3, -0.25) is 0 Å². The molecule has 0 bridgehead atoms. The van der Waals surface area contributed by atoms with E-state index in [-0.39, 0.29) is 12.6 Å². The third-order valence-electron chi connectivity index (χ3n) is 3.01. The van der Waals surface area contributed by atoms with Crippen LogP contribution in [0, 0.1) is 5.92 Å². The Kier molecular flexibility index (Phi) is 5.64. The van der Waals surface area contributed by atoms with Crippen LogP contribution >= 0.6 is 11.6 Å². The van der Waals surface area contributed by atoms with Crippen LogP contribution in [-0.2, 0) is 0 Å². The van der Waals surface area contributed by atoms with Crippen molar-refractivity contribution in [1.29, 1.82) is 0 Å². The lowest BCUT2D eigenvalue weighted by Crippen LogP contribution is -2.32. The van der Waals surface area contributed by atoms with E-state index < -0.39 is 0 Å². The van der Waals surface area contributed by atoms with E-state index in [0.717, 1.165) is 23.6 Å². The summed E-state index contributed by atoms with van der Waals surface area (Å²) in [4.78, 5) is 0. The van der Waals surface area contributed by atoms with Crippen LogP contribution in [0.25, 0.3) is 0 Å². The summed E-state index contributed by atoms with van der Waals surface area (Å²) < 4.78 is 0. The first-order valence-electron chi connectivity index (χ1n) is 5.84. The predicted octanol–water partition coefficient (Wildman–Crippen LogP) is 3.55. The Balaban J connectivity index is 2.65. The molecule has 1 rings (SSSR count). The molecule has 0 aliphatic rings. The topological polar surface area (TPSA) is 32.3 Å². The Morgan fingerprint density at radius 3 is 2.19 bits per heavy atom. The molecule has 0 aliphatic carbocycles. The molecule has 1 aromatic carbocycles. The molecule has 90 valence electrons. The van der Waals surface area contributed by atoms with Crippen LogP contribution in [-0.4, -0.2) is 17.8 Å². The third kappa shape index (κ3) is 3.69. The SMILES string of the molecule is CCC(CC)C(CO)Nc1ccc(Cl)cc1. The zero-order valence-electron chi connectivity index (χ0n) is 9.91. The van der Waals surface area contributed by atoms with Gasteiger partial charge < -0.3 is 10.4 Å². The van der Waals surface area contributed by atoms with Crippen LogP contribution in [0.5, 0.6) is 0 Å². The van der Waals surface area contributed by atoms with Crippen LogP contribution in [0.2, 0.25) is 5.02 Å². The summed E-state index contributed by atoms with van der Waals surface area (Å²) in [6.45, 7) is 4.47. The highest BCUT2D eigenvalue weighted by Gasteiger charge is 2.16. The number of nitrogens with one attached hydrogen (secondary N) is 1. The Labute approximate surface area is 103 Å². The van der Waals surface area contributed by atoms with Crippen molar-refractivity contribution in [2.75, 3.05) is 11.9 Å². The normalized spacial score (nSPS) is 12.8. The van der Waals surface area contributed by atoms with Crippen LogP contribution in [0.4, 0.5) is 5.69 Å². The largest absolute Gasteiger partial charge is 0.394 e. The fraction of sp³-hybridized carbons (Fsp3) is 0.538. The molecule has 0 aliphatic heterocycles. The van der Waals surface area contributed by atoms with Gasteiger partial charge in [-0.15, -0.1) is 0 Å². The van der Waals surface area contributed by atoms with Crippen molar-refractivity contribution in [2.24, 2.45) is 5.92 Å². The smallest absolute Gasteiger partial charge is 0.0635 e. The average Bonchev–Trinajstić information content (AvgIpc) is 2.32. The van der Waals surface area contributed by atoms with Crippen LogP contribution in [0.15, 0.2) is 24.3 Å². The van der Waals surface area contributed by atoms with Crippen LogP contribution < -0.4 is 5.32 Å². The van der Waals surface area contributed by atoms with E-state index in [4.69, 9.17) is 11.6 Å². The van der Waals surface area contributed by atoms with Gasteiger partial charge in [0, 0.05) is 10.7 Å². The van der Waals surface area contributed by atoms with Gasteiger partial charge in [-0.05, 0) is 30.2 Å². The summed E-state index contributed by atoms with van der Waals surface area (Å²) in [6, 6.07) is 7.70. The molecule has 16 heavy (non-hydrogen) atoms. The maximum atomic E-state index is 9.39. The first-order chi connectivity index (χ1) is 7.71. The summed E-state index contributed by atoms with van der Waals surface area (Å²) in [5.74, 6) is 0.501. The van der Waals surface area contributed by atoms with E-state index in [2.05, 4.69) is 19.2 Å². The molecule has 3 heteroatoms. The second-order valence-corrected chi connectivity index (χ2v) is 4.45. The van der Waals surface area contributed by atoms with Gasteiger partial charge in [-0.25, -0.2) is 0 Å². The molecular weight excluding hydrogens is 222 g/mol. The summed E-state index contributed by atoms with van der Waals surface area (Å²) in [5.41, 5.74) is 1.01. The standard InChI is InChI=1S/C13H20ClNO/c1-3-10(4-2)13(9-16)15-12-7-5-11(14)6-8-12/h5-8,10,13,15-16H,3-4,9H2,1-2H3. The van der Waals surface area contributed by atoms with Crippen molar-refractivity contribution in [3.8, 4) is 0 Å². The van der Waals surface area contributed by atoms with E-state index in [0.29, 0.717) is 5.92 Å². The van der Waals surface area contributed by atoms with Crippen molar-refractivity contribution in [2.45, 2.75) is 32.7 Å². The molecule has 2 nitrogen and oxygen atoms in total. The number of aliphatic hydroxyl groups is 1. The van der Waals surface area contributed by atoms with E-state index in [1.807, 2.05) is 24.3 Å². The summed E-state index contributed by atoms with van der Waals surface area (Å²) in [6.07, 6.45) is 2.14. The monoisotopic (exact) mass is 241 g/mol. The van der Waals surface area contributed by atoms with Gasteiger partial charge >= 0.3 is 0 Å². The molecule has 1 atom stereocenters. The minimum atomic E-state index is 0.121. The van der Waals surface area contributed by atoms with Gasteiger partial charge in [-0.1, -0.05) is 38.3 Å². The molecule has 2 N–H and O–H groups in total. The quantitative estimate of drug-likeness (QED) is 0.799. The van der Waals surface area contributed by atoms with E-state index >= 15 is 0 Å². The highest BCUT2D eigenvalue weighted by Crippen LogP contribution is 2.19. The van der Waals surface area contributed by atoms with Crippen molar-refractivity contribution in [3.05, 3.63) is 29.3 Å². The molecule has 0 aromatic heterocycles. The van der Waals surface area contributed by atoms with E-state index in [1.54, 1.807) is 0 Å². The second-order valence-electron chi connectivity index (χ2n) is 4.02. The molecule has 0 amide bonds. The number of halogens is 1. The second kappa shape index (κ2) is 6.77. The number of benzene rings is 1. The van der Waals surface area contributed by atoms with Crippen molar-refractivity contribution >= 4 is 17.3 Å². The molecule has 0 spiro atoms. The van der Waals surface area contributed by atoms with Gasteiger partial charge in [0.2, 0.25) is 0 Å². The van der Waals surface area contributed by atoms with E-state index in [9.17, 15) is 5.11 Å². The maximum absolute atomic E-state index is 9.39. The molecule has 1 aromatic rings. The number of hydrogen-bond donors (Lipinski definition) is 2. The summed E-state index contributed by atoms with van der Waals surface area (Å²) in [5, 5.41) is 13.5. The Hall–Kier alpha value is -0.730. The van der Waals surface area contributed by atoms with Crippen molar-refractivity contribution < 1.29 is 5.11 Å². The highest BCUT2D eigenvalue weighted by atomic mass is 35.5. The van der Waals surface area contributed by atoms with Gasteiger partial charge in [-0.2, -0.15) is 0 Å². The van der Waals surface area contributed by atoms with Crippen LogP contribution in [0.1, 0.15) is 26.7 Å². The number of aliphatic hydroxyl groups excluding tert-OH is 1. The molecule has 0 saturated carbocycles. The fourth-order valence-electron chi connectivity index (χ4n) is 1.93. The number of anilines is 1. The zero-order valence-corrected chi connectivity index (χ0v) is 10.7. The average molecular weight is 242 g/mol. The van der Waals surface area contributed by atoms with E-state index in [1.165, 1.54) is 0 Å². The fourth-order valence-corrected chi connectivity index (χ4v) is 2.06. The molecule has 0 heterocycles. The van der Waals surface area contributed by atoms with Gasteiger partial charge in [0.25, 0.3) is 0 Å². The lowest BCUT2D eigenvalue weighted by molar-refractivity contribution is 0.231. The van der Waals surface area contributed by atoms with Gasteiger partial charge in [0.1, 0.15) is 0 Å².